The Balaban J connectivity index is 2.14. The molecule has 0 amide bonds. The van der Waals surface area contributed by atoms with Crippen LogP contribution >= 0.6 is 0 Å². The van der Waals surface area contributed by atoms with Crippen LogP contribution in [0, 0.1) is 11.8 Å². The lowest BCUT2D eigenvalue weighted by atomic mass is 10.1. The number of pyridine rings is 1. The molecule has 1 atom stereocenters. The summed E-state index contributed by atoms with van der Waals surface area (Å²) in [7, 11) is 2.19. The van der Waals surface area contributed by atoms with Crippen LogP contribution in [0.5, 0.6) is 0 Å². The molecule has 0 radical (unpaired) electrons. The quantitative estimate of drug-likeness (QED) is 0.723. The van der Waals surface area contributed by atoms with Gasteiger partial charge in [0.2, 0.25) is 0 Å². The normalized spacial score (nSPS) is 20.0. The number of unbranched alkanes of at least 4 members (excludes halogenated alkanes) is 1. The molecule has 1 aromatic heterocycles. The predicted molar refractivity (Wildman–Crippen MR) is 70.6 cm³/mol. The van der Waals surface area contributed by atoms with Gasteiger partial charge in [-0.25, -0.2) is 0 Å². The Bertz CT molecular complexity index is 428. The van der Waals surface area contributed by atoms with Gasteiger partial charge in [-0.2, -0.15) is 0 Å². The molecule has 0 spiro atoms. The highest BCUT2D eigenvalue weighted by molar-refractivity contribution is 5.35. The molecule has 2 rings (SSSR count). The summed E-state index contributed by atoms with van der Waals surface area (Å²) in [5.74, 6) is 6.37. The summed E-state index contributed by atoms with van der Waals surface area (Å²) in [6, 6.07) is 2.73. The first-order valence-electron chi connectivity index (χ1n) is 6.45. The standard InChI is InChI=1S/C15H20N2/c1-3-4-5-7-13-10-14(12-16-11-13)15-8-6-9-17(15)2/h10-12,15H,3-4,6,8-9H2,1-2H3. The Hall–Kier alpha value is -1.33. The molecule has 1 saturated heterocycles. The lowest BCUT2D eigenvalue weighted by Crippen LogP contribution is -2.17. The SMILES string of the molecule is CCCC#Cc1cncc(C2CCCN2C)c1. The third kappa shape index (κ3) is 3.08. The fourth-order valence-corrected chi connectivity index (χ4v) is 2.33. The van der Waals surface area contributed by atoms with Gasteiger partial charge in [-0.05, 0) is 44.5 Å². The second kappa shape index (κ2) is 5.84. The Kier molecular flexibility index (Phi) is 4.17. The Morgan fingerprint density at radius 1 is 1.47 bits per heavy atom. The zero-order chi connectivity index (χ0) is 12.1. The van der Waals surface area contributed by atoms with Crippen LogP contribution in [0.25, 0.3) is 0 Å². The number of aromatic nitrogens is 1. The zero-order valence-electron chi connectivity index (χ0n) is 10.7. The van der Waals surface area contributed by atoms with Gasteiger partial charge in [-0.1, -0.05) is 18.8 Å². The van der Waals surface area contributed by atoms with Gasteiger partial charge in [-0.3, -0.25) is 9.88 Å². The molecule has 1 unspecified atom stereocenters. The number of nitrogens with zero attached hydrogens (tertiary/aromatic N) is 2. The maximum atomic E-state index is 4.31. The Morgan fingerprint density at radius 2 is 2.35 bits per heavy atom. The average Bonchev–Trinajstić information content (AvgIpc) is 2.76. The molecule has 0 N–H and O–H groups in total. The van der Waals surface area contributed by atoms with Crippen molar-refractivity contribution < 1.29 is 0 Å². The van der Waals surface area contributed by atoms with Crippen LogP contribution < -0.4 is 0 Å². The highest BCUT2D eigenvalue weighted by Gasteiger charge is 2.22. The van der Waals surface area contributed by atoms with E-state index in [1.165, 1.54) is 24.9 Å². The van der Waals surface area contributed by atoms with Crippen LogP contribution in [-0.4, -0.2) is 23.5 Å². The van der Waals surface area contributed by atoms with Crippen molar-refractivity contribution in [3.8, 4) is 11.8 Å². The molecule has 1 aliphatic heterocycles. The van der Waals surface area contributed by atoms with E-state index in [0.29, 0.717) is 6.04 Å². The maximum Gasteiger partial charge on any atom is 0.0432 e. The van der Waals surface area contributed by atoms with Crippen molar-refractivity contribution in [3.63, 3.8) is 0 Å². The van der Waals surface area contributed by atoms with E-state index in [1.807, 2.05) is 12.4 Å². The Morgan fingerprint density at radius 3 is 3.06 bits per heavy atom. The van der Waals surface area contributed by atoms with Crippen LogP contribution in [0.1, 0.15) is 49.8 Å². The number of hydrogen-bond acceptors (Lipinski definition) is 2. The van der Waals surface area contributed by atoms with Gasteiger partial charge in [0.1, 0.15) is 0 Å². The van der Waals surface area contributed by atoms with Crippen LogP contribution in [0.3, 0.4) is 0 Å². The van der Waals surface area contributed by atoms with E-state index in [1.54, 1.807) is 0 Å². The first-order valence-corrected chi connectivity index (χ1v) is 6.45. The van der Waals surface area contributed by atoms with Crippen LogP contribution in [0.15, 0.2) is 18.5 Å². The van der Waals surface area contributed by atoms with E-state index in [-0.39, 0.29) is 0 Å². The topological polar surface area (TPSA) is 16.1 Å². The Labute approximate surface area is 104 Å². The molecule has 2 nitrogen and oxygen atoms in total. The summed E-state index contributed by atoms with van der Waals surface area (Å²) in [6.45, 7) is 3.34. The van der Waals surface area contributed by atoms with Gasteiger partial charge in [0.25, 0.3) is 0 Å². The lowest BCUT2D eigenvalue weighted by molar-refractivity contribution is 0.317. The molecule has 0 aromatic carbocycles. The highest BCUT2D eigenvalue weighted by Crippen LogP contribution is 2.29. The van der Waals surface area contributed by atoms with Crippen LogP contribution in [-0.2, 0) is 0 Å². The number of likely N-dealkylation sites (tertiary alicyclic amines) is 1. The molecular weight excluding hydrogens is 208 g/mol. The van der Waals surface area contributed by atoms with Crippen LogP contribution in [0.2, 0.25) is 0 Å². The minimum atomic E-state index is 0.537. The van der Waals surface area contributed by atoms with Crippen molar-refractivity contribution in [2.45, 2.75) is 38.6 Å². The van der Waals surface area contributed by atoms with Crippen molar-refractivity contribution in [3.05, 3.63) is 29.6 Å². The van der Waals surface area contributed by atoms with E-state index >= 15 is 0 Å². The van der Waals surface area contributed by atoms with E-state index in [2.05, 4.69) is 41.8 Å². The molecule has 1 aliphatic rings. The zero-order valence-corrected chi connectivity index (χ0v) is 10.7. The molecule has 17 heavy (non-hydrogen) atoms. The second-order valence-electron chi connectivity index (χ2n) is 4.70. The van der Waals surface area contributed by atoms with Gasteiger partial charge >= 0.3 is 0 Å². The van der Waals surface area contributed by atoms with Crippen molar-refractivity contribution >= 4 is 0 Å². The summed E-state index contributed by atoms with van der Waals surface area (Å²) in [5.41, 5.74) is 2.37. The molecule has 1 aromatic rings. The largest absolute Gasteiger partial charge is 0.299 e. The van der Waals surface area contributed by atoms with Crippen LogP contribution in [0.4, 0.5) is 0 Å². The summed E-state index contributed by atoms with van der Waals surface area (Å²) in [6.07, 6.45) is 8.45. The first kappa shape index (κ1) is 12.1. The van der Waals surface area contributed by atoms with Crippen molar-refractivity contribution in [1.82, 2.24) is 9.88 Å². The monoisotopic (exact) mass is 228 g/mol. The van der Waals surface area contributed by atoms with E-state index < -0.39 is 0 Å². The molecule has 2 heteroatoms. The second-order valence-corrected chi connectivity index (χ2v) is 4.70. The fourth-order valence-electron chi connectivity index (χ4n) is 2.33. The summed E-state index contributed by atoms with van der Waals surface area (Å²) in [4.78, 5) is 6.72. The van der Waals surface area contributed by atoms with E-state index in [9.17, 15) is 0 Å². The molecule has 2 heterocycles. The molecule has 1 fully saturated rings. The summed E-state index contributed by atoms with van der Waals surface area (Å²) in [5, 5.41) is 0. The molecule has 0 saturated carbocycles. The first-order chi connectivity index (χ1) is 8.31. The van der Waals surface area contributed by atoms with Gasteiger partial charge in [0.05, 0.1) is 0 Å². The fraction of sp³-hybridized carbons (Fsp3) is 0.533. The molecule has 0 aliphatic carbocycles. The van der Waals surface area contributed by atoms with Gasteiger partial charge in [0.15, 0.2) is 0 Å². The lowest BCUT2D eigenvalue weighted by Gasteiger charge is -2.19. The summed E-state index contributed by atoms with van der Waals surface area (Å²) >= 11 is 0. The number of rotatable bonds is 2. The smallest absolute Gasteiger partial charge is 0.0432 e. The van der Waals surface area contributed by atoms with Crippen molar-refractivity contribution in [2.75, 3.05) is 13.6 Å². The van der Waals surface area contributed by atoms with E-state index in [0.717, 1.165) is 18.4 Å². The average molecular weight is 228 g/mol. The van der Waals surface area contributed by atoms with Gasteiger partial charge < -0.3 is 0 Å². The van der Waals surface area contributed by atoms with E-state index in [4.69, 9.17) is 0 Å². The third-order valence-electron chi connectivity index (χ3n) is 3.27. The minimum Gasteiger partial charge on any atom is -0.299 e. The van der Waals surface area contributed by atoms with Crippen molar-refractivity contribution in [1.29, 1.82) is 0 Å². The maximum absolute atomic E-state index is 4.31. The molecule has 0 bridgehead atoms. The minimum absolute atomic E-state index is 0.537. The van der Waals surface area contributed by atoms with Crippen molar-refractivity contribution in [2.24, 2.45) is 0 Å². The summed E-state index contributed by atoms with van der Waals surface area (Å²) < 4.78 is 0. The van der Waals surface area contributed by atoms with Gasteiger partial charge in [-0.15, -0.1) is 0 Å². The third-order valence-corrected chi connectivity index (χ3v) is 3.27. The molecular formula is C15H20N2. The van der Waals surface area contributed by atoms with Gasteiger partial charge in [0, 0.05) is 30.4 Å². The predicted octanol–water partition coefficient (Wildman–Crippen LogP) is 3.00. The molecule has 90 valence electrons. The number of hydrogen-bond donors (Lipinski definition) is 0. The highest BCUT2D eigenvalue weighted by atomic mass is 15.1.